The number of piperidine rings is 1. The molecule has 1 saturated heterocycles. The second-order valence-electron chi connectivity index (χ2n) is 5.43. The van der Waals surface area contributed by atoms with Gasteiger partial charge in [-0.1, -0.05) is 0 Å². The fourth-order valence-electron chi connectivity index (χ4n) is 2.73. The number of carbonyl (C=O) groups is 1. The van der Waals surface area contributed by atoms with Crippen molar-refractivity contribution in [3.8, 4) is 0 Å². The Labute approximate surface area is 128 Å². The van der Waals surface area contributed by atoms with Gasteiger partial charge in [0.25, 0.3) is 5.91 Å². The highest BCUT2D eigenvalue weighted by Gasteiger charge is 2.21. The van der Waals surface area contributed by atoms with Crippen molar-refractivity contribution in [1.82, 2.24) is 15.2 Å². The number of rotatable bonds is 5. The molecule has 1 aliphatic heterocycles. The van der Waals surface area contributed by atoms with E-state index in [1.165, 1.54) is 30.2 Å². The highest BCUT2D eigenvalue weighted by atomic mass is 32.1. The zero-order valence-electron chi connectivity index (χ0n) is 11.8. The van der Waals surface area contributed by atoms with Gasteiger partial charge >= 0.3 is 0 Å². The number of likely N-dealkylation sites (tertiary alicyclic amines) is 1. The van der Waals surface area contributed by atoms with Crippen LogP contribution in [0, 0.1) is 5.92 Å². The summed E-state index contributed by atoms with van der Waals surface area (Å²) in [5.41, 5.74) is 2.47. The number of thiazole rings is 1. The Bertz CT molecular complexity index is 554. The molecule has 0 aromatic carbocycles. The summed E-state index contributed by atoms with van der Waals surface area (Å²) in [5, 5.41) is 3.00. The molecule has 0 radical (unpaired) electrons. The van der Waals surface area contributed by atoms with E-state index in [2.05, 4.69) is 15.2 Å². The van der Waals surface area contributed by atoms with E-state index in [0.717, 1.165) is 26.2 Å². The Morgan fingerprint density at radius 2 is 2.52 bits per heavy atom. The molecule has 1 aliphatic rings. The Hall–Kier alpha value is -1.66. The minimum absolute atomic E-state index is 0.0525. The van der Waals surface area contributed by atoms with Gasteiger partial charge in [-0.3, -0.25) is 14.7 Å². The van der Waals surface area contributed by atoms with E-state index >= 15 is 0 Å². The maximum absolute atomic E-state index is 11.9. The van der Waals surface area contributed by atoms with Gasteiger partial charge in [0.1, 0.15) is 6.26 Å². The second-order valence-corrected chi connectivity index (χ2v) is 6.40. The Balaban J connectivity index is 1.46. The van der Waals surface area contributed by atoms with Crippen LogP contribution in [-0.2, 0) is 6.54 Å². The Morgan fingerprint density at radius 1 is 1.57 bits per heavy atom. The third-order valence-electron chi connectivity index (χ3n) is 3.80. The van der Waals surface area contributed by atoms with Crippen molar-refractivity contribution in [2.45, 2.75) is 19.4 Å². The second kappa shape index (κ2) is 6.87. The molecule has 112 valence electrons. The highest BCUT2D eigenvalue weighted by Crippen LogP contribution is 2.19. The number of aromatic nitrogens is 1. The molecular formula is C15H19N3O2S. The molecule has 1 amide bonds. The van der Waals surface area contributed by atoms with E-state index in [4.69, 9.17) is 4.42 Å². The predicted octanol–water partition coefficient (Wildman–Crippen LogP) is 2.38. The molecule has 3 rings (SSSR count). The van der Waals surface area contributed by atoms with Crippen LogP contribution in [0.4, 0.5) is 0 Å². The van der Waals surface area contributed by atoms with Crippen LogP contribution in [0.5, 0.6) is 0 Å². The summed E-state index contributed by atoms with van der Waals surface area (Å²) in [4.78, 5) is 19.8. The van der Waals surface area contributed by atoms with E-state index < -0.39 is 0 Å². The minimum Gasteiger partial charge on any atom is -0.472 e. The molecule has 3 heterocycles. The molecule has 5 nitrogen and oxygen atoms in total. The van der Waals surface area contributed by atoms with Gasteiger partial charge in [-0.15, -0.1) is 11.3 Å². The Kier molecular flexibility index (Phi) is 4.67. The molecule has 21 heavy (non-hydrogen) atoms. The first kappa shape index (κ1) is 14.3. The molecule has 1 unspecified atom stereocenters. The summed E-state index contributed by atoms with van der Waals surface area (Å²) in [6.45, 7) is 3.85. The molecule has 1 atom stereocenters. The fourth-order valence-corrected chi connectivity index (χ4v) is 3.37. The van der Waals surface area contributed by atoms with Crippen LogP contribution >= 0.6 is 11.3 Å². The van der Waals surface area contributed by atoms with Crippen molar-refractivity contribution in [2.24, 2.45) is 5.92 Å². The van der Waals surface area contributed by atoms with E-state index in [1.807, 2.05) is 11.7 Å². The lowest BCUT2D eigenvalue weighted by molar-refractivity contribution is 0.0930. The minimum atomic E-state index is -0.0525. The van der Waals surface area contributed by atoms with Crippen molar-refractivity contribution in [3.63, 3.8) is 0 Å². The van der Waals surface area contributed by atoms with Crippen LogP contribution in [0.25, 0.3) is 0 Å². The van der Waals surface area contributed by atoms with Crippen LogP contribution in [0.2, 0.25) is 0 Å². The fraction of sp³-hybridized carbons (Fsp3) is 0.467. The smallest absolute Gasteiger partial charge is 0.254 e. The number of nitrogens with one attached hydrogen (secondary N) is 1. The zero-order chi connectivity index (χ0) is 14.5. The van der Waals surface area contributed by atoms with Gasteiger partial charge in [-0.05, 0) is 31.4 Å². The van der Waals surface area contributed by atoms with Crippen LogP contribution in [0.15, 0.2) is 34.7 Å². The molecule has 6 heteroatoms. The summed E-state index contributed by atoms with van der Waals surface area (Å²) < 4.78 is 4.93. The van der Waals surface area contributed by atoms with E-state index in [0.29, 0.717) is 11.5 Å². The highest BCUT2D eigenvalue weighted by molar-refractivity contribution is 7.09. The molecule has 0 bridgehead atoms. The monoisotopic (exact) mass is 305 g/mol. The van der Waals surface area contributed by atoms with Gasteiger partial charge in [0.15, 0.2) is 0 Å². The largest absolute Gasteiger partial charge is 0.472 e. The summed E-state index contributed by atoms with van der Waals surface area (Å²) >= 11 is 1.70. The number of amides is 1. The molecule has 0 aliphatic carbocycles. The molecule has 1 fully saturated rings. The van der Waals surface area contributed by atoms with E-state index in [-0.39, 0.29) is 5.91 Å². The first-order valence-corrected chi connectivity index (χ1v) is 8.09. The molecule has 2 aromatic heterocycles. The van der Waals surface area contributed by atoms with Crippen LogP contribution in [0.3, 0.4) is 0 Å². The molecule has 1 N–H and O–H groups in total. The van der Waals surface area contributed by atoms with E-state index in [1.54, 1.807) is 17.4 Å². The van der Waals surface area contributed by atoms with Crippen molar-refractivity contribution in [1.29, 1.82) is 0 Å². The third-order valence-corrected chi connectivity index (χ3v) is 4.57. The first-order chi connectivity index (χ1) is 10.3. The number of carbonyl (C=O) groups excluding carboxylic acids is 1. The van der Waals surface area contributed by atoms with Crippen LogP contribution in [0.1, 0.15) is 28.1 Å². The van der Waals surface area contributed by atoms with Gasteiger partial charge in [0.2, 0.25) is 0 Å². The number of furan rings is 1. The third kappa shape index (κ3) is 3.92. The number of hydrogen-bond donors (Lipinski definition) is 1. The topological polar surface area (TPSA) is 58.4 Å². The number of hydrogen-bond acceptors (Lipinski definition) is 5. The van der Waals surface area contributed by atoms with Crippen molar-refractivity contribution < 1.29 is 9.21 Å². The maximum atomic E-state index is 11.9. The number of nitrogens with zero attached hydrogens (tertiary/aromatic N) is 2. The summed E-state index contributed by atoms with van der Waals surface area (Å²) in [6, 6.07) is 1.69. The summed E-state index contributed by atoms with van der Waals surface area (Å²) in [6.07, 6.45) is 7.30. The lowest BCUT2D eigenvalue weighted by Crippen LogP contribution is -2.40. The van der Waals surface area contributed by atoms with Gasteiger partial charge in [0.05, 0.1) is 17.3 Å². The van der Waals surface area contributed by atoms with Crippen molar-refractivity contribution >= 4 is 17.2 Å². The van der Waals surface area contributed by atoms with Gasteiger partial charge < -0.3 is 9.73 Å². The molecule has 2 aromatic rings. The van der Waals surface area contributed by atoms with Gasteiger partial charge in [0, 0.05) is 30.7 Å². The standard InChI is InChI=1S/C15H19N3O2S/c19-15(13-3-5-20-10-13)17-6-12-2-1-4-18(8-12)9-14-7-16-11-21-14/h3,5,7,10-12H,1-2,4,6,8-9H2,(H,17,19). The predicted molar refractivity (Wildman–Crippen MR) is 81.2 cm³/mol. The maximum Gasteiger partial charge on any atom is 0.254 e. The Morgan fingerprint density at radius 3 is 3.29 bits per heavy atom. The van der Waals surface area contributed by atoms with E-state index in [9.17, 15) is 4.79 Å². The normalized spacial score (nSPS) is 19.5. The molecule has 0 spiro atoms. The average Bonchev–Trinajstić information content (AvgIpc) is 3.18. The summed E-state index contributed by atoms with van der Waals surface area (Å²) in [5.74, 6) is 0.464. The lowest BCUT2D eigenvalue weighted by Gasteiger charge is -2.32. The molecule has 0 saturated carbocycles. The molecular weight excluding hydrogens is 286 g/mol. The SMILES string of the molecule is O=C(NCC1CCCN(Cc2cncs2)C1)c1ccoc1. The quantitative estimate of drug-likeness (QED) is 0.921. The zero-order valence-corrected chi connectivity index (χ0v) is 12.6. The van der Waals surface area contributed by atoms with Crippen LogP contribution < -0.4 is 5.32 Å². The first-order valence-electron chi connectivity index (χ1n) is 7.21. The average molecular weight is 305 g/mol. The summed E-state index contributed by atoms with van der Waals surface area (Å²) in [7, 11) is 0. The van der Waals surface area contributed by atoms with Gasteiger partial charge in [-0.25, -0.2) is 0 Å². The van der Waals surface area contributed by atoms with Gasteiger partial charge in [-0.2, -0.15) is 0 Å². The van der Waals surface area contributed by atoms with Crippen molar-refractivity contribution in [2.75, 3.05) is 19.6 Å². The van der Waals surface area contributed by atoms with Crippen molar-refractivity contribution in [3.05, 3.63) is 40.7 Å². The van der Waals surface area contributed by atoms with Crippen LogP contribution in [-0.4, -0.2) is 35.4 Å². The lowest BCUT2D eigenvalue weighted by atomic mass is 9.98.